The number of thiazole rings is 1. The first-order valence-electron chi connectivity index (χ1n) is 9.21. The summed E-state index contributed by atoms with van der Waals surface area (Å²) in [6, 6.07) is 6.00. The van der Waals surface area contributed by atoms with Crippen molar-refractivity contribution in [2.75, 3.05) is 23.7 Å². The molecular weight excluding hydrogens is 366 g/mol. The molecule has 1 saturated heterocycles. The van der Waals surface area contributed by atoms with Gasteiger partial charge in [0.2, 0.25) is 10.0 Å². The van der Waals surface area contributed by atoms with Gasteiger partial charge in [-0.05, 0) is 57.0 Å². The lowest BCUT2D eigenvalue weighted by Crippen LogP contribution is -2.34. The predicted molar refractivity (Wildman–Crippen MR) is 107 cm³/mol. The van der Waals surface area contributed by atoms with Crippen LogP contribution in [-0.2, 0) is 23.0 Å². The molecule has 3 heterocycles. The van der Waals surface area contributed by atoms with Crippen molar-refractivity contribution in [2.45, 2.75) is 45.2 Å². The normalized spacial score (nSPS) is 21.2. The molecule has 1 unspecified atom stereocenters. The van der Waals surface area contributed by atoms with E-state index in [1.807, 2.05) is 19.1 Å². The van der Waals surface area contributed by atoms with Crippen LogP contribution in [0.1, 0.15) is 36.8 Å². The summed E-state index contributed by atoms with van der Waals surface area (Å²) in [5.74, 6) is 0. The zero-order chi connectivity index (χ0) is 18.3. The predicted octanol–water partition coefficient (Wildman–Crippen LogP) is 3.51. The molecule has 0 saturated carbocycles. The van der Waals surface area contributed by atoms with Crippen molar-refractivity contribution in [1.82, 2.24) is 9.88 Å². The van der Waals surface area contributed by atoms with Crippen LogP contribution in [0.3, 0.4) is 0 Å². The van der Waals surface area contributed by atoms with E-state index in [9.17, 15) is 8.42 Å². The molecule has 1 fully saturated rings. The van der Waals surface area contributed by atoms with Crippen LogP contribution >= 0.6 is 11.3 Å². The van der Waals surface area contributed by atoms with Crippen molar-refractivity contribution in [1.29, 1.82) is 0 Å². The van der Waals surface area contributed by atoms with Gasteiger partial charge in [0.25, 0.3) is 0 Å². The minimum absolute atomic E-state index is 0.0275. The van der Waals surface area contributed by atoms with E-state index < -0.39 is 10.0 Å². The number of fused-ring (bicyclic) bond motifs is 1. The average Bonchev–Trinajstić information content (AvgIpc) is 3.17. The third-order valence-corrected chi connectivity index (χ3v) is 7.35. The number of hydrogen-bond acceptors (Lipinski definition) is 5. The Morgan fingerprint density at radius 1 is 1.23 bits per heavy atom. The first-order valence-corrected chi connectivity index (χ1v) is 11.9. The molecule has 26 heavy (non-hydrogen) atoms. The van der Waals surface area contributed by atoms with Crippen molar-refractivity contribution < 1.29 is 8.42 Å². The molecule has 0 N–H and O–H groups in total. The molecule has 5 nitrogen and oxygen atoms in total. The number of aromatic nitrogens is 1. The quantitative estimate of drug-likeness (QED) is 0.800. The van der Waals surface area contributed by atoms with Gasteiger partial charge in [-0.15, -0.1) is 11.3 Å². The van der Waals surface area contributed by atoms with E-state index in [1.54, 1.807) is 11.3 Å². The summed E-state index contributed by atoms with van der Waals surface area (Å²) in [5.41, 5.74) is 3.97. The Kier molecular flexibility index (Phi) is 4.79. The number of hydrogen-bond donors (Lipinski definition) is 0. The number of rotatable bonds is 4. The zero-order valence-electron chi connectivity index (χ0n) is 15.3. The highest BCUT2D eigenvalue weighted by Crippen LogP contribution is 2.37. The van der Waals surface area contributed by atoms with Crippen LogP contribution in [0.4, 0.5) is 5.69 Å². The van der Waals surface area contributed by atoms with Gasteiger partial charge in [0.15, 0.2) is 0 Å². The van der Waals surface area contributed by atoms with Gasteiger partial charge in [0.1, 0.15) is 5.01 Å². The Morgan fingerprint density at radius 2 is 2.00 bits per heavy atom. The van der Waals surface area contributed by atoms with Gasteiger partial charge in [-0.25, -0.2) is 13.4 Å². The van der Waals surface area contributed by atoms with Crippen LogP contribution in [0, 0.1) is 0 Å². The fourth-order valence-electron chi connectivity index (χ4n) is 4.09. The lowest BCUT2D eigenvalue weighted by atomic mass is 10.1. The highest BCUT2D eigenvalue weighted by Gasteiger charge is 2.32. The molecule has 0 aliphatic carbocycles. The lowest BCUT2D eigenvalue weighted by molar-refractivity contribution is 0.220. The Hall–Kier alpha value is -1.44. The number of nitrogens with zero attached hydrogens (tertiary/aromatic N) is 3. The Morgan fingerprint density at radius 3 is 2.73 bits per heavy atom. The van der Waals surface area contributed by atoms with Crippen molar-refractivity contribution in [3.8, 4) is 11.3 Å². The monoisotopic (exact) mass is 391 g/mol. The molecule has 2 aromatic rings. The van der Waals surface area contributed by atoms with Crippen LogP contribution in [0.15, 0.2) is 23.6 Å². The molecule has 1 aromatic heterocycles. The second-order valence-corrected chi connectivity index (χ2v) is 10.2. The third kappa shape index (κ3) is 3.52. The molecule has 140 valence electrons. The van der Waals surface area contributed by atoms with Gasteiger partial charge in [0, 0.05) is 17.0 Å². The van der Waals surface area contributed by atoms with Crippen molar-refractivity contribution in [2.24, 2.45) is 0 Å². The Labute approximate surface area is 159 Å². The van der Waals surface area contributed by atoms with E-state index in [0.29, 0.717) is 0 Å². The van der Waals surface area contributed by atoms with Gasteiger partial charge in [-0.2, -0.15) is 0 Å². The molecule has 0 amide bonds. The van der Waals surface area contributed by atoms with E-state index in [-0.39, 0.29) is 6.04 Å². The first kappa shape index (κ1) is 17.9. The molecule has 2 aliphatic heterocycles. The number of piperidine rings is 1. The van der Waals surface area contributed by atoms with Crippen molar-refractivity contribution in [3.05, 3.63) is 34.2 Å². The molecule has 7 heteroatoms. The lowest BCUT2D eigenvalue weighted by Gasteiger charge is -2.25. The topological polar surface area (TPSA) is 53.5 Å². The summed E-state index contributed by atoms with van der Waals surface area (Å²) < 4.78 is 25.7. The maximum atomic E-state index is 12.1. The molecule has 0 radical (unpaired) electrons. The third-order valence-electron chi connectivity index (χ3n) is 5.24. The number of sulfonamides is 1. The van der Waals surface area contributed by atoms with Gasteiger partial charge >= 0.3 is 0 Å². The van der Waals surface area contributed by atoms with Crippen LogP contribution < -0.4 is 4.31 Å². The van der Waals surface area contributed by atoms with Crippen LogP contribution in [-0.4, -0.2) is 43.7 Å². The average molecular weight is 392 g/mol. The highest BCUT2D eigenvalue weighted by atomic mass is 32.2. The molecule has 0 bridgehead atoms. The van der Waals surface area contributed by atoms with Crippen LogP contribution in [0.5, 0.6) is 0 Å². The zero-order valence-corrected chi connectivity index (χ0v) is 16.9. The smallest absolute Gasteiger partial charge is 0.232 e. The second-order valence-electron chi connectivity index (χ2n) is 7.42. The van der Waals surface area contributed by atoms with E-state index in [4.69, 9.17) is 4.98 Å². The van der Waals surface area contributed by atoms with E-state index in [1.165, 1.54) is 42.9 Å². The summed E-state index contributed by atoms with van der Waals surface area (Å²) in [6.07, 6.45) is 5.95. The summed E-state index contributed by atoms with van der Waals surface area (Å²) in [4.78, 5) is 7.32. The molecule has 1 atom stereocenters. The summed E-state index contributed by atoms with van der Waals surface area (Å²) >= 11 is 1.72. The van der Waals surface area contributed by atoms with Crippen LogP contribution in [0.25, 0.3) is 11.3 Å². The number of anilines is 1. The minimum Gasteiger partial charge on any atom is -0.297 e. The maximum absolute atomic E-state index is 12.1. The van der Waals surface area contributed by atoms with E-state index in [0.717, 1.165) is 40.5 Å². The maximum Gasteiger partial charge on any atom is 0.232 e. The molecule has 2 aliphatic rings. The second kappa shape index (κ2) is 6.94. The van der Waals surface area contributed by atoms with Crippen LogP contribution in [0.2, 0.25) is 0 Å². The van der Waals surface area contributed by atoms with Gasteiger partial charge in [-0.3, -0.25) is 9.21 Å². The van der Waals surface area contributed by atoms with Crippen molar-refractivity contribution >= 4 is 27.0 Å². The fourth-order valence-corrected chi connectivity index (χ4v) is 6.20. The fraction of sp³-hybridized carbons (Fsp3) is 0.526. The van der Waals surface area contributed by atoms with Crippen molar-refractivity contribution in [3.63, 3.8) is 0 Å². The summed E-state index contributed by atoms with van der Waals surface area (Å²) in [6.45, 7) is 5.24. The number of likely N-dealkylation sites (tertiary alicyclic amines) is 1. The summed E-state index contributed by atoms with van der Waals surface area (Å²) in [7, 11) is -3.24. The molecular formula is C19H25N3O2S2. The SMILES string of the molecule is CC1Cc2cc(-c3csc(CN4CCCCC4)n3)ccc2N1S(C)(=O)=O. The number of benzene rings is 1. The van der Waals surface area contributed by atoms with Gasteiger partial charge in [0.05, 0.1) is 24.2 Å². The van der Waals surface area contributed by atoms with E-state index in [2.05, 4.69) is 16.3 Å². The first-order chi connectivity index (χ1) is 12.4. The molecule has 1 aromatic carbocycles. The highest BCUT2D eigenvalue weighted by molar-refractivity contribution is 7.92. The van der Waals surface area contributed by atoms with Gasteiger partial charge in [-0.1, -0.05) is 12.5 Å². The summed E-state index contributed by atoms with van der Waals surface area (Å²) in [5, 5.41) is 3.28. The Bertz CT molecular complexity index is 901. The molecule has 0 spiro atoms. The Balaban J connectivity index is 1.56. The van der Waals surface area contributed by atoms with Gasteiger partial charge < -0.3 is 0 Å². The standard InChI is InChI=1S/C19H25N3O2S2/c1-14-10-16-11-15(6-7-18(16)22(14)26(2,23)24)17-13-25-19(20-17)12-21-8-4-3-5-9-21/h6-7,11,13-14H,3-5,8-10,12H2,1-2H3. The minimum atomic E-state index is -3.24. The van der Waals surface area contributed by atoms with E-state index >= 15 is 0 Å². The largest absolute Gasteiger partial charge is 0.297 e. The molecule has 4 rings (SSSR count).